The number of aliphatic hydroxyl groups is 8. The summed E-state index contributed by atoms with van der Waals surface area (Å²) < 4.78 is 24.1. The van der Waals surface area contributed by atoms with E-state index >= 15 is 0 Å². The summed E-state index contributed by atoms with van der Waals surface area (Å²) in [6, 6.07) is 0. The Hall–Kier alpha value is -1.40. The highest BCUT2D eigenvalue weighted by Gasteiger charge is 2.64. The fraction of sp³-hybridized carbons (Fsp3) is 0.897. The molecule has 302 valence electrons. The van der Waals surface area contributed by atoms with Crippen molar-refractivity contribution in [3.63, 3.8) is 0 Å². The molecule has 19 atom stereocenters. The summed E-state index contributed by atoms with van der Waals surface area (Å²) in [5, 5.41) is 83.6. The maximum atomic E-state index is 13.9. The Morgan fingerprint density at radius 2 is 1.51 bits per heavy atom. The molecule has 0 amide bonds. The van der Waals surface area contributed by atoms with Crippen molar-refractivity contribution in [3.8, 4) is 0 Å². The van der Waals surface area contributed by atoms with Crippen LogP contribution in [0.3, 0.4) is 0 Å². The lowest BCUT2D eigenvalue weighted by molar-refractivity contribution is -0.365. The van der Waals surface area contributed by atoms with E-state index in [0.717, 1.165) is 32.1 Å². The van der Waals surface area contributed by atoms with Gasteiger partial charge in [-0.05, 0) is 85.5 Å². The van der Waals surface area contributed by atoms with Crippen molar-refractivity contribution in [1.82, 2.24) is 0 Å². The molecule has 0 radical (unpaired) electrons. The molecular weight excluding hydrogens is 692 g/mol. The molecule has 6 rings (SSSR count). The molecule has 4 aliphatic carbocycles. The van der Waals surface area contributed by atoms with Crippen LogP contribution in [0.15, 0.2) is 11.6 Å². The molecule has 0 bridgehead atoms. The van der Waals surface area contributed by atoms with Gasteiger partial charge in [0.2, 0.25) is 0 Å². The molecule has 0 spiro atoms. The fourth-order valence-corrected chi connectivity index (χ4v) is 11.4. The van der Waals surface area contributed by atoms with Crippen molar-refractivity contribution in [2.75, 3.05) is 19.8 Å². The Morgan fingerprint density at radius 3 is 2.17 bits per heavy atom. The van der Waals surface area contributed by atoms with Gasteiger partial charge in [0, 0.05) is 31.3 Å². The number of carbonyl (C=O) groups is 2. The summed E-state index contributed by atoms with van der Waals surface area (Å²) in [7, 11) is 0. The molecule has 0 aromatic heterocycles. The third-order valence-electron chi connectivity index (χ3n) is 14.6. The number of carbonyl (C=O) groups excluding carboxylic acids is 2. The molecule has 0 aromatic carbocycles. The van der Waals surface area contributed by atoms with E-state index in [1.165, 1.54) is 5.57 Å². The van der Waals surface area contributed by atoms with Crippen LogP contribution in [0, 0.1) is 46.3 Å². The molecule has 3 saturated carbocycles. The minimum absolute atomic E-state index is 0.0123. The van der Waals surface area contributed by atoms with Crippen molar-refractivity contribution in [2.45, 2.75) is 153 Å². The first-order valence-corrected chi connectivity index (χ1v) is 19.7. The van der Waals surface area contributed by atoms with Crippen LogP contribution in [0.5, 0.6) is 0 Å². The number of aliphatic hydroxyl groups excluding tert-OH is 8. The van der Waals surface area contributed by atoms with Crippen LogP contribution in [0.25, 0.3) is 0 Å². The normalized spacial score (nSPS) is 48.3. The van der Waals surface area contributed by atoms with Crippen LogP contribution in [0.1, 0.15) is 85.5 Å². The number of hydrogen-bond donors (Lipinski definition) is 8. The van der Waals surface area contributed by atoms with Crippen molar-refractivity contribution in [2.24, 2.45) is 46.3 Å². The molecule has 2 aliphatic heterocycles. The van der Waals surface area contributed by atoms with Gasteiger partial charge in [0.15, 0.2) is 18.4 Å². The summed E-state index contributed by atoms with van der Waals surface area (Å²) in [4.78, 5) is 26.3. The van der Waals surface area contributed by atoms with Gasteiger partial charge in [-0.3, -0.25) is 9.59 Å². The average Bonchev–Trinajstić information content (AvgIpc) is 3.44. The topological polar surface area (TPSA) is 233 Å². The average molecular weight is 755 g/mol. The molecule has 2 heterocycles. The van der Waals surface area contributed by atoms with Crippen LogP contribution in [-0.4, -0.2) is 140 Å². The second-order valence-electron chi connectivity index (χ2n) is 17.5. The minimum atomic E-state index is -1.80. The fourth-order valence-electron chi connectivity index (χ4n) is 11.4. The summed E-state index contributed by atoms with van der Waals surface area (Å²) in [6.07, 6.45) is -8.06. The van der Waals surface area contributed by atoms with Gasteiger partial charge in [-0.1, -0.05) is 33.3 Å². The predicted octanol–water partition coefficient (Wildman–Crippen LogP) is 0.368. The zero-order chi connectivity index (χ0) is 38.6. The first-order valence-electron chi connectivity index (χ1n) is 19.7. The lowest BCUT2D eigenvalue weighted by Gasteiger charge is -2.58. The molecule has 2 saturated heterocycles. The van der Waals surface area contributed by atoms with E-state index in [-0.39, 0.29) is 46.8 Å². The summed E-state index contributed by atoms with van der Waals surface area (Å²) in [5.41, 5.74) is 0.865. The quantitative estimate of drug-likeness (QED) is 0.135. The van der Waals surface area contributed by atoms with Crippen molar-refractivity contribution < 1.29 is 69.4 Å². The zero-order valence-electron chi connectivity index (χ0n) is 31.4. The molecular formula is C39H62O14. The van der Waals surface area contributed by atoms with E-state index in [1.54, 1.807) is 0 Å². The number of Topliss-reactive ketones (excluding diaryl/α,β-unsaturated/α-hetero) is 1. The number of ether oxygens (including phenoxy) is 4. The third-order valence-corrected chi connectivity index (χ3v) is 14.6. The van der Waals surface area contributed by atoms with Gasteiger partial charge in [0.05, 0.1) is 19.3 Å². The highest BCUT2D eigenvalue weighted by atomic mass is 16.7. The van der Waals surface area contributed by atoms with Gasteiger partial charge in [-0.2, -0.15) is 0 Å². The molecule has 53 heavy (non-hydrogen) atoms. The first-order chi connectivity index (χ1) is 25.1. The van der Waals surface area contributed by atoms with Crippen molar-refractivity contribution in [3.05, 3.63) is 11.6 Å². The zero-order valence-corrected chi connectivity index (χ0v) is 31.4. The molecule has 14 nitrogen and oxygen atoms in total. The maximum Gasteiger partial charge on any atom is 0.187 e. The number of fused-ring (bicyclic) bond motifs is 5. The van der Waals surface area contributed by atoms with E-state index in [9.17, 15) is 50.4 Å². The third kappa shape index (κ3) is 7.46. The summed E-state index contributed by atoms with van der Waals surface area (Å²) >= 11 is 0. The Balaban J connectivity index is 1.28. The van der Waals surface area contributed by atoms with Gasteiger partial charge in [0.1, 0.15) is 54.6 Å². The second-order valence-corrected chi connectivity index (χ2v) is 17.5. The Labute approximate surface area is 311 Å². The SMILES string of the molecule is CC(CO)CCC(=O)C(C)C1C(OC2OC(CO)C(O)C(OC3OC(CO)C(O)C(O)C3O)C2O)CC2C3CCC4=CC(=O)CCC4(C)C3CCC21C. The molecule has 19 unspecified atom stereocenters. The highest BCUT2D eigenvalue weighted by Crippen LogP contribution is 2.68. The lowest BCUT2D eigenvalue weighted by atomic mass is 9.46. The van der Waals surface area contributed by atoms with Gasteiger partial charge >= 0.3 is 0 Å². The van der Waals surface area contributed by atoms with Crippen LogP contribution >= 0.6 is 0 Å². The van der Waals surface area contributed by atoms with Gasteiger partial charge < -0.3 is 59.8 Å². The maximum absolute atomic E-state index is 13.9. The number of rotatable bonds is 12. The van der Waals surface area contributed by atoms with Crippen LogP contribution in [-0.2, 0) is 28.5 Å². The molecule has 6 aliphatic rings. The highest BCUT2D eigenvalue weighted by molar-refractivity contribution is 5.91. The van der Waals surface area contributed by atoms with Gasteiger partial charge in [0.25, 0.3) is 0 Å². The van der Waals surface area contributed by atoms with Gasteiger partial charge in [-0.15, -0.1) is 0 Å². The van der Waals surface area contributed by atoms with Crippen LogP contribution in [0.4, 0.5) is 0 Å². The summed E-state index contributed by atoms with van der Waals surface area (Å²) in [6.45, 7) is 7.01. The standard InChI is InChI=1S/C39H62O14/c1-18(15-40)5-8-25(44)19(2)29-26(14-24-22-7-6-20-13-21(43)9-11-38(20,3)23(22)10-12-39(24,29)4)50-37-34(49)35(31(46)28(17-42)52-37)53-36-33(48)32(47)30(45)27(16-41)51-36/h13,18-19,22-24,26-37,40-42,45-49H,5-12,14-17H2,1-4H3. The summed E-state index contributed by atoms with van der Waals surface area (Å²) in [5.74, 6) is 0.386. The van der Waals surface area contributed by atoms with Gasteiger partial charge in [-0.25, -0.2) is 0 Å². The van der Waals surface area contributed by atoms with E-state index in [4.69, 9.17) is 18.9 Å². The second kappa shape index (κ2) is 16.2. The Bertz CT molecular complexity index is 1340. The molecule has 5 fully saturated rings. The number of hydrogen-bond acceptors (Lipinski definition) is 14. The molecule has 14 heteroatoms. The van der Waals surface area contributed by atoms with Crippen molar-refractivity contribution in [1.29, 1.82) is 0 Å². The Kier molecular flexibility index (Phi) is 12.6. The van der Waals surface area contributed by atoms with E-state index < -0.39 is 86.6 Å². The number of ketones is 2. The van der Waals surface area contributed by atoms with Crippen molar-refractivity contribution >= 4 is 11.6 Å². The van der Waals surface area contributed by atoms with Crippen LogP contribution < -0.4 is 0 Å². The lowest BCUT2D eigenvalue weighted by Crippen LogP contribution is -2.65. The van der Waals surface area contributed by atoms with Crippen LogP contribution in [0.2, 0.25) is 0 Å². The van der Waals surface area contributed by atoms with E-state index in [0.29, 0.717) is 37.5 Å². The van der Waals surface area contributed by atoms with E-state index in [1.807, 2.05) is 19.9 Å². The van der Waals surface area contributed by atoms with E-state index in [2.05, 4.69) is 13.8 Å². The predicted molar refractivity (Wildman–Crippen MR) is 187 cm³/mol. The first kappa shape index (κ1) is 41.2. The molecule has 8 N–H and O–H groups in total. The minimum Gasteiger partial charge on any atom is -0.396 e. The largest absolute Gasteiger partial charge is 0.396 e. The molecule has 0 aromatic rings. The number of allylic oxidation sites excluding steroid dienone is 1. The Morgan fingerprint density at radius 1 is 0.849 bits per heavy atom. The monoisotopic (exact) mass is 754 g/mol. The smallest absolute Gasteiger partial charge is 0.187 e.